The molecule has 0 saturated heterocycles. The lowest BCUT2D eigenvalue weighted by Gasteiger charge is -2.20. The fraction of sp³-hybridized carbons (Fsp3) is 0.250. The van der Waals surface area contributed by atoms with Crippen LogP contribution in [0.5, 0.6) is 11.5 Å². The number of phenols is 2. The number of aromatic hydroxyl groups is 2. The normalized spacial score (nSPS) is 10.9. The van der Waals surface area contributed by atoms with Crippen LogP contribution in [0.2, 0.25) is 0 Å². The zero-order valence-electron chi connectivity index (χ0n) is 12.3. The second-order valence-corrected chi connectivity index (χ2v) is 5.66. The van der Waals surface area contributed by atoms with Gasteiger partial charge in [0.1, 0.15) is 34.8 Å². The van der Waals surface area contributed by atoms with Crippen molar-refractivity contribution in [1.82, 2.24) is 0 Å². The van der Waals surface area contributed by atoms with Crippen LogP contribution in [0, 0.1) is 23.3 Å². The Morgan fingerprint density at radius 1 is 0.682 bits per heavy atom. The van der Waals surface area contributed by atoms with E-state index in [4.69, 9.17) is 10.2 Å². The third-order valence-electron chi connectivity index (χ3n) is 2.62. The number of hydrogen-bond donors (Lipinski definition) is 2. The van der Waals surface area contributed by atoms with E-state index in [1.165, 1.54) is 0 Å². The molecule has 0 unspecified atom stereocenters. The van der Waals surface area contributed by atoms with Crippen LogP contribution < -0.4 is 0 Å². The van der Waals surface area contributed by atoms with Crippen molar-refractivity contribution in [2.75, 3.05) is 0 Å². The molecule has 0 aromatic heterocycles. The fourth-order valence-electron chi connectivity index (χ4n) is 1.82. The Balaban J connectivity index is 0.000000235. The van der Waals surface area contributed by atoms with E-state index in [1.807, 2.05) is 0 Å². The smallest absolute Gasteiger partial charge is 0.133 e. The minimum Gasteiger partial charge on any atom is -0.508 e. The van der Waals surface area contributed by atoms with E-state index in [0.717, 1.165) is 24.3 Å². The maximum absolute atomic E-state index is 13.2. The average molecular weight is 316 g/mol. The lowest BCUT2D eigenvalue weighted by molar-refractivity contribution is 0.438. The van der Waals surface area contributed by atoms with E-state index in [2.05, 4.69) is 0 Å². The molecule has 0 radical (unpaired) electrons. The molecule has 0 fully saturated rings. The summed E-state index contributed by atoms with van der Waals surface area (Å²) in [6, 6.07) is 4.21. The molecule has 0 aliphatic heterocycles. The highest BCUT2D eigenvalue weighted by molar-refractivity contribution is 5.33. The standard InChI is InChI=1S/C10H12F2O.C6H4F2O/c1-10(2,3)9-7(11)4-6(13)5-8(9)12;7-4-1-5(8)3-6(9)2-4/h4-5,13H,1-3H3;1-3,9H. The molecule has 6 heteroatoms. The van der Waals surface area contributed by atoms with Gasteiger partial charge in [0.05, 0.1) is 0 Å². The van der Waals surface area contributed by atoms with Crippen LogP contribution in [-0.2, 0) is 5.41 Å². The monoisotopic (exact) mass is 316 g/mol. The molecule has 2 nitrogen and oxygen atoms in total. The lowest BCUT2D eigenvalue weighted by Crippen LogP contribution is -2.15. The molecule has 0 heterocycles. The highest BCUT2D eigenvalue weighted by atomic mass is 19.1. The average Bonchev–Trinajstić information content (AvgIpc) is 2.23. The second kappa shape index (κ2) is 6.68. The van der Waals surface area contributed by atoms with Crippen LogP contribution in [0.1, 0.15) is 26.3 Å². The van der Waals surface area contributed by atoms with Gasteiger partial charge in [-0.05, 0) is 5.41 Å². The molecular formula is C16H16F4O2. The van der Waals surface area contributed by atoms with Crippen LogP contribution in [0.3, 0.4) is 0 Å². The molecule has 2 N–H and O–H groups in total. The zero-order chi connectivity index (χ0) is 17.1. The lowest BCUT2D eigenvalue weighted by atomic mass is 9.86. The quantitative estimate of drug-likeness (QED) is 0.695. The van der Waals surface area contributed by atoms with Crippen molar-refractivity contribution in [3.63, 3.8) is 0 Å². The topological polar surface area (TPSA) is 40.5 Å². The number of hydrogen-bond acceptors (Lipinski definition) is 2. The molecule has 0 bridgehead atoms. The molecule has 2 aromatic rings. The molecule has 0 aliphatic carbocycles. The Labute approximate surface area is 125 Å². The first-order valence-corrected chi connectivity index (χ1v) is 6.34. The van der Waals surface area contributed by atoms with Crippen molar-refractivity contribution in [1.29, 1.82) is 0 Å². The molecular weight excluding hydrogens is 300 g/mol. The Morgan fingerprint density at radius 2 is 1.05 bits per heavy atom. The summed E-state index contributed by atoms with van der Waals surface area (Å²) < 4.78 is 50.5. The van der Waals surface area contributed by atoms with E-state index >= 15 is 0 Å². The summed E-state index contributed by atoms with van der Waals surface area (Å²) in [5, 5.41) is 17.4. The van der Waals surface area contributed by atoms with Gasteiger partial charge < -0.3 is 10.2 Å². The van der Waals surface area contributed by atoms with Gasteiger partial charge in [-0.15, -0.1) is 0 Å². The van der Waals surface area contributed by atoms with E-state index in [-0.39, 0.29) is 11.3 Å². The van der Waals surface area contributed by atoms with Crippen molar-refractivity contribution >= 4 is 0 Å². The first-order chi connectivity index (χ1) is 10.0. The molecule has 22 heavy (non-hydrogen) atoms. The number of phenolic OH excluding ortho intramolecular Hbond substituents is 2. The van der Waals surface area contributed by atoms with Gasteiger partial charge in [0.15, 0.2) is 0 Å². The number of benzene rings is 2. The van der Waals surface area contributed by atoms with Crippen LogP contribution in [0.4, 0.5) is 17.6 Å². The maximum atomic E-state index is 13.2. The molecule has 2 rings (SSSR count). The first-order valence-electron chi connectivity index (χ1n) is 6.34. The third-order valence-corrected chi connectivity index (χ3v) is 2.62. The zero-order valence-corrected chi connectivity index (χ0v) is 12.3. The molecule has 0 spiro atoms. The highest BCUT2D eigenvalue weighted by Crippen LogP contribution is 2.30. The van der Waals surface area contributed by atoms with Crippen molar-refractivity contribution in [3.05, 3.63) is 59.2 Å². The highest BCUT2D eigenvalue weighted by Gasteiger charge is 2.23. The van der Waals surface area contributed by atoms with Crippen LogP contribution >= 0.6 is 0 Å². The molecule has 0 amide bonds. The van der Waals surface area contributed by atoms with E-state index in [1.54, 1.807) is 20.8 Å². The predicted molar refractivity (Wildman–Crippen MR) is 74.7 cm³/mol. The van der Waals surface area contributed by atoms with Crippen LogP contribution in [-0.4, -0.2) is 10.2 Å². The Kier molecular flexibility index (Phi) is 5.41. The summed E-state index contributed by atoms with van der Waals surface area (Å²) in [5.41, 5.74) is -0.590. The number of halogens is 4. The Bertz CT molecular complexity index is 590. The largest absolute Gasteiger partial charge is 0.508 e. The third kappa shape index (κ3) is 4.95. The van der Waals surface area contributed by atoms with Gasteiger partial charge in [0.2, 0.25) is 0 Å². The van der Waals surface area contributed by atoms with Gasteiger partial charge in [-0.1, -0.05) is 20.8 Å². The molecule has 0 atom stereocenters. The van der Waals surface area contributed by atoms with Crippen molar-refractivity contribution in [3.8, 4) is 11.5 Å². The molecule has 0 saturated carbocycles. The van der Waals surface area contributed by atoms with Crippen molar-refractivity contribution in [2.45, 2.75) is 26.2 Å². The summed E-state index contributed by atoms with van der Waals surface area (Å²) >= 11 is 0. The van der Waals surface area contributed by atoms with Gasteiger partial charge in [-0.2, -0.15) is 0 Å². The second-order valence-electron chi connectivity index (χ2n) is 5.66. The summed E-state index contributed by atoms with van der Waals surface area (Å²) in [6.07, 6.45) is 0. The Hall–Kier alpha value is -2.24. The first kappa shape index (κ1) is 17.8. The maximum Gasteiger partial charge on any atom is 0.133 e. The molecule has 2 aromatic carbocycles. The van der Waals surface area contributed by atoms with E-state index in [9.17, 15) is 17.6 Å². The van der Waals surface area contributed by atoms with Crippen molar-refractivity contribution < 1.29 is 27.8 Å². The summed E-state index contributed by atoms with van der Waals surface area (Å²) in [7, 11) is 0. The SMILES string of the molecule is CC(C)(C)c1c(F)cc(O)cc1F.Oc1cc(F)cc(F)c1. The van der Waals surface area contributed by atoms with E-state index in [0.29, 0.717) is 6.07 Å². The molecule has 120 valence electrons. The van der Waals surface area contributed by atoms with Crippen LogP contribution in [0.15, 0.2) is 30.3 Å². The van der Waals surface area contributed by atoms with E-state index < -0.39 is 34.4 Å². The summed E-state index contributed by atoms with van der Waals surface area (Å²) in [4.78, 5) is 0. The molecule has 0 aliphatic rings. The summed E-state index contributed by atoms with van der Waals surface area (Å²) in [5.74, 6) is -3.73. The van der Waals surface area contributed by atoms with Gasteiger partial charge >= 0.3 is 0 Å². The predicted octanol–water partition coefficient (Wildman–Crippen LogP) is 4.64. The van der Waals surface area contributed by atoms with Crippen LogP contribution in [0.25, 0.3) is 0 Å². The summed E-state index contributed by atoms with van der Waals surface area (Å²) in [6.45, 7) is 5.14. The van der Waals surface area contributed by atoms with Gasteiger partial charge in [0.25, 0.3) is 0 Å². The number of rotatable bonds is 0. The van der Waals surface area contributed by atoms with Gasteiger partial charge in [-0.3, -0.25) is 0 Å². The fourth-order valence-corrected chi connectivity index (χ4v) is 1.82. The van der Waals surface area contributed by atoms with Gasteiger partial charge in [0, 0.05) is 35.9 Å². The minimum absolute atomic E-state index is 0.00491. The Morgan fingerprint density at radius 3 is 1.36 bits per heavy atom. The minimum atomic E-state index is -0.771. The van der Waals surface area contributed by atoms with Gasteiger partial charge in [-0.25, -0.2) is 17.6 Å². The van der Waals surface area contributed by atoms with Crippen molar-refractivity contribution in [2.24, 2.45) is 0 Å².